The van der Waals surface area contributed by atoms with Crippen molar-refractivity contribution in [2.75, 3.05) is 11.9 Å². The minimum atomic E-state index is 0.395. The van der Waals surface area contributed by atoms with Crippen LogP contribution in [0.1, 0.15) is 18.4 Å². The molecule has 0 radical (unpaired) electrons. The van der Waals surface area contributed by atoms with Gasteiger partial charge in [-0.3, -0.25) is 0 Å². The van der Waals surface area contributed by atoms with Gasteiger partial charge >= 0.3 is 0 Å². The highest BCUT2D eigenvalue weighted by Crippen LogP contribution is 2.16. The number of rotatable bonds is 4. The van der Waals surface area contributed by atoms with Crippen LogP contribution in [0, 0.1) is 0 Å². The smallest absolute Gasteiger partial charge is 0.243 e. The fourth-order valence-corrected chi connectivity index (χ4v) is 2.23. The third kappa shape index (κ3) is 2.75. The second kappa shape index (κ2) is 5.51. The molecule has 1 aromatic carbocycles. The number of hydrogen-bond acceptors (Lipinski definition) is 3. The van der Waals surface area contributed by atoms with Gasteiger partial charge in [-0.2, -0.15) is 4.98 Å². The van der Waals surface area contributed by atoms with Crippen molar-refractivity contribution < 1.29 is 0 Å². The zero-order chi connectivity index (χ0) is 13.9. The molecule has 0 fully saturated rings. The molecular formula is C15H15ClN4. The van der Waals surface area contributed by atoms with E-state index in [1.807, 2.05) is 18.2 Å². The second-order valence-electron chi connectivity index (χ2n) is 4.78. The van der Waals surface area contributed by atoms with Gasteiger partial charge in [0.05, 0.1) is 5.02 Å². The van der Waals surface area contributed by atoms with Gasteiger partial charge in [-0.05, 0) is 23.6 Å². The van der Waals surface area contributed by atoms with E-state index in [9.17, 15) is 0 Å². The van der Waals surface area contributed by atoms with E-state index in [0.717, 1.165) is 12.2 Å². The molecule has 5 heteroatoms. The Balaban J connectivity index is 1.71. The predicted octanol–water partition coefficient (Wildman–Crippen LogP) is 3.60. The van der Waals surface area contributed by atoms with Crippen LogP contribution in [-0.2, 0) is 0 Å². The van der Waals surface area contributed by atoms with E-state index in [2.05, 4.69) is 46.6 Å². The Bertz CT molecular complexity index is 708. The largest absolute Gasteiger partial charge is 0.352 e. The molecule has 102 valence electrons. The van der Waals surface area contributed by atoms with Crippen LogP contribution in [0.3, 0.4) is 0 Å². The molecule has 0 saturated carbocycles. The lowest BCUT2D eigenvalue weighted by Crippen LogP contribution is -2.10. The topological polar surface area (TPSA) is 42.2 Å². The summed E-state index contributed by atoms with van der Waals surface area (Å²) < 4.78 is 1.68. The van der Waals surface area contributed by atoms with Crippen LogP contribution in [0.5, 0.6) is 0 Å². The zero-order valence-corrected chi connectivity index (χ0v) is 11.9. The molecule has 1 unspecified atom stereocenters. The highest BCUT2D eigenvalue weighted by molar-refractivity contribution is 6.30. The molecule has 3 rings (SSSR count). The zero-order valence-electron chi connectivity index (χ0n) is 11.1. The third-order valence-corrected chi connectivity index (χ3v) is 3.45. The number of nitrogens with zero attached hydrogens (tertiary/aromatic N) is 3. The minimum absolute atomic E-state index is 0.395. The van der Waals surface area contributed by atoms with Crippen molar-refractivity contribution in [2.45, 2.75) is 12.8 Å². The van der Waals surface area contributed by atoms with Crippen LogP contribution >= 0.6 is 11.6 Å². The first-order valence-electron chi connectivity index (χ1n) is 6.53. The minimum Gasteiger partial charge on any atom is -0.352 e. The number of hydrogen-bond donors (Lipinski definition) is 1. The van der Waals surface area contributed by atoms with Gasteiger partial charge in [-0.1, -0.05) is 48.9 Å². The summed E-state index contributed by atoms with van der Waals surface area (Å²) >= 11 is 5.93. The van der Waals surface area contributed by atoms with E-state index in [4.69, 9.17) is 11.6 Å². The summed E-state index contributed by atoms with van der Waals surface area (Å²) in [4.78, 5) is 4.40. The van der Waals surface area contributed by atoms with Gasteiger partial charge in [0.1, 0.15) is 0 Å². The van der Waals surface area contributed by atoms with Gasteiger partial charge in [0.15, 0.2) is 5.65 Å². The van der Waals surface area contributed by atoms with Gasteiger partial charge in [-0.15, -0.1) is 5.10 Å². The number of halogens is 1. The van der Waals surface area contributed by atoms with Crippen LogP contribution in [0.15, 0.2) is 48.7 Å². The lowest BCUT2D eigenvalue weighted by Gasteiger charge is -2.11. The highest BCUT2D eigenvalue weighted by Gasteiger charge is 2.07. The van der Waals surface area contributed by atoms with Crippen LogP contribution in [-0.4, -0.2) is 21.1 Å². The lowest BCUT2D eigenvalue weighted by molar-refractivity contribution is 0.795. The fraction of sp³-hybridized carbons (Fsp3) is 0.200. The summed E-state index contributed by atoms with van der Waals surface area (Å²) in [6, 6.07) is 14.0. The average molecular weight is 287 g/mol. The van der Waals surface area contributed by atoms with Crippen molar-refractivity contribution in [1.29, 1.82) is 0 Å². The molecule has 2 aromatic heterocycles. The molecule has 0 saturated heterocycles. The first-order chi connectivity index (χ1) is 9.72. The van der Waals surface area contributed by atoms with Crippen LogP contribution < -0.4 is 5.32 Å². The fourth-order valence-electron chi connectivity index (χ4n) is 2.08. The average Bonchev–Trinajstić information content (AvgIpc) is 2.87. The lowest BCUT2D eigenvalue weighted by atomic mass is 10.0. The van der Waals surface area contributed by atoms with E-state index in [1.54, 1.807) is 10.7 Å². The summed E-state index contributed by atoms with van der Waals surface area (Å²) in [7, 11) is 0. The van der Waals surface area contributed by atoms with Crippen molar-refractivity contribution in [3.05, 3.63) is 59.2 Å². The molecule has 2 heterocycles. The van der Waals surface area contributed by atoms with Gasteiger partial charge in [0, 0.05) is 12.7 Å². The summed E-state index contributed by atoms with van der Waals surface area (Å²) in [5.74, 6) is 1.02. The standard InChI is InChI=1S/C15H15ClN4/c1-11(12-5-3-2-4-6-12)9-17-15-18-14-8-7-13(16)10-20(14)19-15/h2-8,10-11H,9H2,1H3,(H,17,19). The van der Waals surface area contributed by atoms with E-state index in [1.165, 1.54) is 5.56 Å². The number of benzene rings is 1. The molecule has 20 heavy (non-hydrogen) atoms. The normalized spacial score (nSPS) is 12.5. The first-order valence-corrected chi connectivity index (χ1v) is 6.91. The van der Waals surface area contributed by atoms with E-state index < -0.39 is 0 Å². The number of aromatic nitrogens is 3. The van der Waals surface area contributed by atoms with Gasteiger partial charge in [0.25, 0.3) is 0 Å². The maximum Gasteiger partial charge on any atom is 0.243 e. The molecule has 0 spiro atoms. The monoisotopic (exact) mass is 286 g/mol. The summed E-state index contributed by atoms with van der Waals surface area (Å²) in [6.45, 7) is 2.96. The maximum atomic E-state index is 5.93. The Labute approximate surface area is 122 Å². The Morgan fingerprint density at radius 1 is 1.20 bits per heavy atom. The third-order valence-electron chi connectivity index (χ3n) is 3.23. The van der Waals surface area contributed by atoms with Gasteiger partial charge in [0.2, 0.25) is 5.95 Å². The Morgan fingerprint density at radius 3 is 2.80 bits per heavy atom. The highest BCUT2D eigenvalue weighted by atomic mass is 35.5. The number of nitrogens with one attached hydrogen (secondary N) is 1. The molecule has 1 N–H and O–H groups in total. The summed E-state index contributed by atoms with van der Waals surface area (Å²) in [6.07, 6.45) is 1.75. The van der Waals surface area contributed by atoms with Gasteiger partial charge < -0.3 is 5.32 Å². The number of anilines is 1. The molecule has 0 aliphatic heterocycles. The van der Waals surface area contributed by atoms with Crippen molar-refractivity contribution >= 4 is 23.2 Å². The van der Waals surface area contributed by atoms with Crippen molar-refractivity contribution in [3.8, 4) is 0 Å². The molecule has 0 aliphatic carbocycles. The van der Waals surface area contributed by atoms with E-state index in [0.29, 0.717) is 16.9 Å². The van der Waals surface area contributed by atoms with Crippen molar-refractivity contribution in [1.82, 2.24) is 14.6 Å². The first kappa shape index (κ1) is 12.9. The number of fused-ring (bicyclic) bond motifs is 1. The molecule has 0 aliphatic rings. The Hall–Kier alpha value is -2.07. The van der Waals surface area contributed by atoms with Gasteiger partial charge in [-0.25, -0.2) is 4.52 Å². The van der Waals surface area contributed by atoms with Crippen LogP contribution in [0.4, 0.5) is 5.95 Å². The van der Waals surface area contributed by atoms with Crippen molar-refractivity contribution in [3.63, 3.8) is 0 Å². The molecule has 4 nitrogen and oxygen atoms in total. The molecule has 0 amide bonds. The quantitative estimate of drug-likeness (QED) is 0.797. The molecule has 0 bridgehead atoms. The van der Waals surface area contributed by atoms with Crippen molar-refractivity contribution in [2.24, 2.45) is 0 Å². The summed E-state index contributed by atoms with van der Waals surface area (Å²) in [5, 5.41) is 8.26. The summed E-state index contributed by atoms with van der Waals surface area (Å²) in [5.41, 5.74) is 2.08. The van der Waals surface area contributed by atoms with E-state index >= 15 is 0 Å². The predicted molar refractivity (Wildman–Crippen MR) is 81.3 cm³/mol. The Kier molecular flexibility index (Phi) is 3.56. The Morgan fingerprint density at radius 2 is 2.00 bits per heavy atom. The maximum absolute atomic E-state index is 5.93. The molecular weight excluding hydrogens is 272 g/mol. The second-order valence-corrected chi connectivity index (χ2v) is 5.21. The van der Waals surface area contributed by atoms with E-state index in [-0.39, 0.29) is 0 Å². The molecule has 3 aromatic rings. The molecule has 1 atom stereocenters. The number of pyridine rings is 1. The van der Waals surface area contributed by atoms with Crippen LogP contribution in [0.25, 0.3) is 5.65 Å². The van der Waals surface area contributed by atoms with Crippen LogP contribution in [0.2, 0.25) is 5.02 Å². The SMILES string of the molecule is CC(CNc1nc2ccc(Cl)cn2n1)c1ccccc1.